The molecule has 0 aromatic heterocycles. The van der Waals surface area contributed by atoms with Crippen molar-refractivity contribution in [1.29, 1.82) is 0 Å². The Balaban J connectivity index is 2.35. The lowest BCUT2D eigenvalue weighted by Gasteiger charge is -2.16. The minimum Gasteiger partial charge on any atom is -0.497 e. The van der Waals surface area contributed by atoms with Gasteiger partial charge in [0.15, 0.2) is 0 Å². The molecule has 0 saturated heterocycles. The van der Waals surface area contributed by atoms with Crippen LogP contribution in [0.4, 0.5) is 0 Å². The molecule has 1 unspecified atom stereocenters. The third kappa shape index (κ3) is 3.84. The quantitative estimate of drug-likeness (QED) is 0.811. The molecule has 0 aliphatic carbocycles. The maximum atomic E-state index is 11.7. The van der Waals surface area contributed by atoms with Crippen LogP contribution in [-0.2, 0) is 11.2 Å². The van der Waals surface area contributed by atoms with E-state index in [1.165, 1.54) is 38.5 Å². The maximum absolute atomic E-state index is 11.7. The molecular formula is C18H18O6. The Morgan fingerprint density at radius 3 is 2.17 bits per heavy atom. The molecule has 2 rings (SSSR count). The zero-order valence-corrected chi connectivity index (χ0v) is 13.4. The minimum absolute atomic E-state index is 0.113. The van der Waals surface area contributed by atoms with Crippen LogP contribution in [0.1, 0.15) is 27.4 Å². The molecule has 0 bridgehead atoms. The van der Waals surface area contributed by atoms with Crippen molar-refractivity contribution in [1.82, 2.24) is 0 Å². The van der Waals surface area contributed by atoms with E-state index in [0.29, 0.717) is 22.6 Å². The van der Waals surface area contributed by atoms with Crippen LogP contribution in [0, 0.1) is 0 Å². The maximum Gasteiger partial charge on any atom is 0.335 e. The van der Waals surface area contributed by atoms with E-state index in [4.69, 9.17) is 14.6 Å². The summed E-state index contributed by atoms with van der Waals surface area (Å²) in [4.78, 5) is 22.6. The Kier molecular flexibility index (Phi) is 5.42. The predicted octanol–water partition coefficient (Wildman–Crippen LogP) is 2.81. The number of carboxylic acid groups (broad SMARTS) is 2. The van der Waals surface area contributed by atoms with Crippen LogP contribution in [0.3, 0.4) is 0 Å². The summed E-state index contributed by atoms with van der Waals surface area (Å²) in [5.74, 6) is -1.69. The molecule has 0 radical (unpaired) electrons. The molecule has 0 spiro atoms. The molecule has 0 aliphatic rings. The second-order valence-electron chi connectivity index (χ2n) is 5.20. The van der Waals surface area contributed by atoms with Crippen molar-refractivity contribution in [2.45, 2.75) is 12.3 Å². The van der Waals surface area contributed by atoms with Crippen molar-refractivity contribution in [2.75, 3.05) is 14.2 Å². The molecule has 24 heavy (non-hydrogen) atoms. The summed E-state index contributed by atoms with van der Waals surface area (Å²) >= 11 is 0. The summed E-state index contributed by atoms with van der Waals surface area (Å²) in [6.07, 6.45) is 0.197. The topological polar surface area (TPSA) is 93.1 Å². The predicted molar refractivity (Wildman–Crippen MR) is 87.0 cm³/mol. The van der Waals surface area contributed by atoms with E-state index in [1.54, 1.807) is 18.2 Å². The van der Waals surface area contributed by atoms with E-state index < -0.39 is 17.9 Å². The van der Waals surface area contributed by atoms with Crippen molar-refractivity contribution >= 4 is 11.9 Å². The second kappa shape index (κ2) is 7.50. The molecule has 2 N–H and O–H groups in total. The summed E-state index contributed by atoms with van der Waals surface area (Å²) in [7, 11) is 3.05. The zero-order chi connectivity index (χ0) is 17.7. The molecule has 0 fully saturated rings. The van der Waals surface area contributed by atoms with Gasteiger partial charge in [-0.1, -0.05) is 12.1 Å². The van der Waals surface area contributed by atoms with Crippen LogP contribution >= 0.6 is 0 Å². The normalized spacial score (nSPS) is 11.6. The lowest BCUT2D eigenvalue weighted by atomic mass is 9.91. The Hall–Kier alpha value is -3.02. The number of carboxylic acids is 2. The number of rotatable bonds is 7. The summed E-state index contributed by atoms with van der Waals surface area (Å²) in [6.45, 7) is 0. The number of ether oxygens (including phenoxy) is 2. The third-order valence-corrected chi connectivity index (χ3v) is 3.77. The lowest BCUT2D eigenvalue weighted by molar-refractivity contribution is -0.138. The highest BCUT2D eigenvalue weighted by Crippen LogP contribution is 2.30. The molecule has 0 saturated carbocycles. The van der Waals surface area contributed by atoms with Gasteiger partial charge in [-0.05, 0) is 47.9 Å². The number of methoxy groups -OCH3 is 2. The summed E-state index contributed by atoms with van der Waals surface area (Å²) in [5, 5.41) is 18.5. The number of aliphatic carboxylic acids is 1. The fourth-order valence-corrected chi connectivity index (χ4v) is 2.47. The van der Waals surface area contributed by atoms with E-state index in [2.05, 4.69) is 0 Å². The Labute approximate surface area is 139 Å². The van der Waals surface area contributed by atoms with Crippen molar-refractivity contribution in [2.24, 2.45) is 0 Å². The van der Waals surface area contributed by atoms with E-state index >= 15 is 0 Å². The molecule has 126 valence electrons. The van der Waals surface area contributed by atoms with E-state index in [9.17, 15) is 14.7 Å². The van der Waals surface area contributed by atoms with Crippen LogP contribution in [0.5, 0.6) is 11.5 Å². The van der Waals surface area contributed by atoms with E-state index in [0.717, 1.165) is 0 Å². The van der Waals surface area contributed by atoms with Gasteiger partial charge in [-0.2, -0.15) is 0 Å². The fourth-order valence-electron chi connectivity index (χ4n) is 2.47. The molecule has 2 aromatic rings. The van der Waals surface area contributed by atoms with Gasteiger partial charge < -0.3 is 19.7 Å². The van der Waals surface area contributed by atoms with Gasteiger partial charge in [0, 0.05) is 0 Å². The first-order chi connectivity index (χ1) is 11.5. The second-order valence-corrected chi connectivity index (χ2v) is 5.20. The van der Waals surface area contributed by atoms with Crippen LogP contribution in [0.2, 0.25) is 0 Å². The number of aromatic carboxylic acids is 1. The van der Waals surface area contributed by atoms with Crippen LogP contribution in [0.25, 0.3) is 0 Å². The van der Waals surface area contributed by atoms with Gasteiger partial charge in [0.25, 0.3) is 0 Å². The van der Waals surface area contributed by atoms with Gasteiger partial charge in [0.05, 0.1) is 25.7 Å². The molecule has 2 aromatic carbocycles. The Bertz CT molecular complexity index is 736. The molecule has 1 atom stereocenters. The van der Waals surface area contributed by atoms with Crippen molar-refractivity contribution < 1.29 is 29.3 Å². The number of benzene rings is 2. The fraction of sp³-hybridized carbons (Fsp3) is 0.222. The molecule has 0 heterocycles. The molecular weight excluding hydrogens is 312 g/mol. The molecule has 6 heteroatoms. The summed E-state index contributed by atoms with van der Waals surface area (Å²) < 4.78 is 10.5. The summed E-state index contributed by atoms with van der Waals surface area (Å²) in [5.41, 5.74) is 1.34. The van der Waals surface area contributed by atoms with Gasteiger partial charge in [-0.25, -0.2) is 4.79 Å². The standard InChI is InChI=1S/C18H18O6/c1-23-14-7-8-16(24-2)13(9-14)10-15(18(21)22)11-3-5-12(6-4-11)17(19)20/h3-9,15H,10H2,1-2H3,(H,19,20)(H,21,22). The van der Waals surface area contributed by atoms with Gasteiger partial charge in [-0.15, -0.1) is 0 Å². The number of hydrogen-bond donors (Lipinski definition) is 2. The number of carbonyl (C=O) groups is 2. The molecule has 0 amide bonds. The average Bonchev–Trinajstić information content (AvgIpc) is 2.59. The zero-order valence-electron chi connectivity index (χ0n) is 13.4. The Morgan fingerprint density at radius 1 is 1.00 bits per heavy atom. The van der Waals surface area contributed by atoms with Crippen molar-refractivity contribution in [3.63, 3.8) is 0 Å². The summed E-state index contributed by atoms with van der Waals surface area (Å²) in [6, 6.07) is 11.0. The van der Waals surface area contributed by atoms with Gasteiger partial charge in [0.1, 0.15) is 11.5 Å². The van der Waals surface area contributed by atoms with Crippen LogP contribution in [0.15, 0.2) is 42.5 Å². The lowest BCUT2D eigenvalue weighted by Crippen LogP contribution is -2.15. The smallest absolute Gasteiger partial charge is 0.335 e. The average molecular weight is 330 g/mol. The molecule has 6 nitrogen and oxygen atoms in total. The van der Waals surface area contributed by atoms with Crippen molar-refractivity contribution in [3.05, 3.63) is 59.2 Å². The Morgan fingerprint density at radius 2 is 1.67 bits per heavy atom. The van der Waals surface area contributed by atoms with Gasteiger partial charge in [-0.3, -0.25) is 4.79 Å². The highest BCUT2D eigenvalue weighted by molar-refractivity contribution is 5.87. The van der Waals surface area contributed by atoms with Gasteiger partial charge in [0.2, 0.25) is 0 Å². The SMILES string of the molecule is COc1ccc(OC)c(CC(C(=O)O)c2ccc(C(=O)O)cc2)c1. The van der Waals surface area contributed by atoms with Crippen LogP contribution < -0.4 is 9.47 Å². The largest absolute Gasteiger partial charge is 0.497 e. The first-order valence-electron chi connectivity index (χ1n) is 7.23. The monoisotopic (exact) mass is 330 g/mol. The third-order valence-electron chi connectivity index (χ3n) is 3.77. The first-order valence-corrected chi connectivity index (χ1v) is 7.23. The van der Waals surface area contributed by atoms with E-state index in [1.807, 2.05) is 0 Å². The van der Waals surface area contributed by atoms with Crippen LogP contribution in [-0.4, -0.2) is 36.4 Å². The highest BCUT2D eigenvalue weighted by Gasteiger charge is 2.22. The minimum atomic E-state index is -1.05. The molecule has 0 aliphatic heterocycles. The van der Waals surface area contributed by atoms with E-state index in [-0.39, 0.29) is 12.0 Å². The van der Waals surface area contributed by atoms with Crippen molar-refractivity contribution in [3.8, 4) is 11.5 Å². The first kappa shape index (κ1) is 17.3. The number of hydrogen-bond acceptors (Lipinski definition) is 4. The highest BCUT2D eigenvalue weighted by atomic mass is 16.5. The van der Waals surface area contributed by atoms with Gasteiger partial charge >= 0.3 is 11.9 Å².